The minimum atomic E-state index is -0.513. The fourth-order valence-corrected chi connectivity index (χ4v) is 3.10. The summed E-state index contributed by atoms with van der Waals surface area (Å²) in [5.74, 6) is 0.881. The van der Waals surface area contributed by atoms with E-state index >= 15 is 0 Å². The second kappa shape index (κ2) is 8.13. The first-order valence-electron chi connectivity index (χ1n) is 9.16. The van der Waals surface area contributed by atoms with Crippen molar-refractivity contribution in [3.05, 3.63) is 88.8 Å². The van der Waals surface area contributed by atoms with Gasteiger partial charge in [-0.05, 0) is 48.0 Å². The van der Waals surface area contributed by atoms with E-state index < -0.39 is 11.6 Å². The third-order valence-electron chi connectivity index (χ3n) is 4.62. The van der Waals surface area contributed by atoms with Gasteiger partial charge < -0.3 is 18.6 Å². The standard InChI is InChI=1S/C24H18O6/c1-27-20-11-9-16(13-22(20)28-2)19-12-17-8-10-18(14-21(17)30-24(19)26)29-23(25)15-6-4-3-5-7-15/h3-14H,1-2H3. The number of methoxy groups -OCH3 is 2. The number of carbonyl (C=O) groups excluding carboxylic acids is 1. The Bertz CT molecular complexity index is 1270. The van der Waals surface area contributed by atoms with Crippen LogP contribution in [0.15, 0.2) is 82.0 Å². The summed E-state index contributed by atoms with van der Waals surface area (Å²) in [4.78, 5) is 24.8. The van der Waals surface area contributed by atoms with Crippen LogP contribution in [0.4, 0.5) is 0 Å². The quantitative estimate of drug-likeness (QED) is 0.274. The highest BCUT2D eigenvalue weighted by Crippen LogP contribution is 2.32. The summed E-state index contributed by atoms with van der Waals surface area (Å²) in [7, 11) is 3.08. The molecule has 0 bridgehead atoms. The first kappa shape index (κ1) is 19.3. The van der Waals surface area contributed by atoms with Gasteiger partial charge in [-0.15, -0.1) is 0 Å². The molecule has 1 heterocycles. The van der Waals surface area contributed by atoms with E-state index in [0.29, 0.717) is 44.9 Å². The van der Waals surface area contributed by atoms with Crippen LogP contribution < -0.4 is 19.8 Å². The molecule has 0 atom stereocenters. The van der Waals surface area contributed by atoms with Crippen molar-refractivity contribution in [2.75, 3.05) is 14.2 Å². The van der Waals surface area contributed by atoms with Crippen LogP contribution >= 0.6 is 0 Å². The van der Waals surface area contributed by atoms with Gasteiger partial charge in [-0.2, -0.15) is 0 Å². The maximum atomic E-state index is 12.6. The molecule has 4 rings (SSSR count). The zero-order valence-corrected chi connectivity index (χ0v) is 16.4. The third-order valence-corrected chi connectivity index (χ3v) is 4.62. The lowest BCUT2D eigenvalue weighted by Gasteiger charge is -2.10. The molecule has 3 aromatic carbocycles. The van der Waals surface area contributed by atoms with Gasteiger partial charge in [0.05, 0.1) is 25.3 Å². The summed E-state index contributed by atoms with van der Waals surface area (Å²) in [6.07, 6.45) is 0. The van der Waals surface area contributed by atoms with Gasteiger partial charge in [0.15, 0.2) is 11.5 Å². The molecule has 0 saturated carbocycles. The molecule has 0 aliphatic rings. The van der Waals surface area contributed by atoms with E-state index in [9.17, 15) is 9.59 Å². The summed E-state index contributed by atoms with van der Waals surface area (Å²) in [6, 6.07) is 20.5. The van der Waals surface area contributed by atoms with Gasteiger partial charge in [0, 0.05) is 11.5 Å². The first-order chi connectivity index (χ1) is 14.6. The van der Waals surface area contributed by atoms with Gasteiger partial charge >= 0.3 is 11.6 Å². The highest BCUT2D eigenvalue weighted by Gasteiger charge is 2.13. The smallest absolute Gasteiger partial charge is 0.344 e. The van der Waals surface area contributed by atoms with Crippen molar-refractivity contribution < 1.29 is 23.4 Å². The molecule has 0 N–H and O–H groups in total. The van der Waals surface area contributed by atoms with Gasteiger partial charge in [-0.1, -0.05) is 24.3 Å². The van der Waals surface area contributed by atoms with Gasteiger partial charge in [0.25, 0.3) is 0 Å². The van der Waals surface area contributed by atoms with Crippen molar-refractivity contribution in [3.63, 3.8) is 0 Å². The van der Waals surface area contributed by atoms with Gasteiger partial charge in [-0.3, -0.25) is 0 Å². The van der Waals surface area contributed by atoms with Crippen LogP contribution in [0.1, 0.15) is 10.4 Å². The average molecular weight is 402 g/mol. The van der Waals surface area contributed by atoms with E-state index in [-0.39, 0.29) is 0 Å². The molecule has 0 spiro atoms. The maximum absolute atomic E-state index is 12.6. The SMILES string of the molecule is COc1ccc(-c2cc3ccc(OC(=O)c4ccccc4)cc3oc2=O)cc1OC. The Kier molecular flexibility index (Phi) is 5.22. The van der Waals surface area contributed by atoms with Crippen LogP contribution in [0.5, 0.6) is 17.2 Å². The van der Waals surface area contributed by atoms with Gasteiger partial charge in [-0.25, -0.2) is 9.59 Å². The molecule has 150 valence electrons. The van der Waals surface area contributed by atoms with Crippen molar-refractivity contribution in [2.24, 2.45) is 0 Å². The highest BCUT2D eigenvalue weighted by molar-refractivity contribution is 5.91. The number of benzene rings is 3. The maximum Gasteiger partial charge on any atom is 0.344 e. The Morgan fingerprint density at radius 2 is 1.60 bits per heavy atom. The largest absolute Gasteiger partial charge is 0.493 e. The first-order valence-corrected chi connectivity index (χ1v) is 9.16. The van der Waals surface area contributed by atoms with Crippen LogP contribution in [0.2, 0.25) is 0 Å². The van der Waals surface area contributed by atoms with Crippen LogP contribution in [0.3, 0.4) is 0 Å². The van der Waals surface area contributed by atoms with Crippen LogP contribution in [0.25, 0.3) is 22.1 Å². The van der Waals surface area contributed by atoms with E-state index in [1.54, 1.807) is 67.8 Å². The predicted molar refractivity (Wildman–Crippen MR) is 112 cm³/mol. The number of fused-ring (bicyclic) bond motifs is 1. The Morgan fingerprint density at radius 1 is 0.833 bits per heavy atom. The summed E-state index contributed by atoms with van der Waals surface area (Å²) in [5, 5.41) is 0.693. The molecule has 0 aliphatic carbocycles. The van der Waals surface area contributed by atoms with E-state index in [1.165, 1.54) is 13.2 Å². The summed E-state index contributed by atoms with van der Waals surface area (Å²) >= 11 is 0. The minimum absolute atomic E-state index is 0.290. The second-order valence-electron chi connectivity index (χ2n) is 6.47. The van der Waals surface area contributed by atoms with Crippen LogP contribution in [-0.4, -0.2) is 20.2 Å². The minimum Gasteiger partial charge on any atom is -0.493 e. The van der Waals surface area contributed by atoms with Crippen molar-refractivity contribution in [2.45, 2.75) is 0 Å². The van der Waals surface area contributed by atoms with Crippen molar-refractivity contribution >= 4 is 16.9 Å². The normalized spacial score (nSPS) is 10.6. The zero-order valence-electron chi connectivity index (χ0n) is 16.4. The molecule has 6 heteroatoms. The van der Waals surface area contributed by atoms with E-state index in [1.807, 2.05) is 6.07 Å². The molecular formula is C24H18O6. The highest BCUT2D eigenvalue weighted by atomic mass is 16.5. The molecule has 30 heavy (non-hydrogen) atoms. The lowest BCUT2D eigenvalue weighted by molar-refractivity contribution is 0.0735. The van der Waals surface area contributed by atoms with Crippen molar-refractivity contribution in [3.8, 4) is 28.4 Å². The number of rotatable bonds is 5. The Labute approximate surface area is 172 Å². The molecule has 0 unspecified atom stereocenters. The van der Waals surface area contributed by atoms with E-state index in [2.05, 4.69) is 0 Å². The Morgan fingerprint density at radius 3 is 2.33 bits per heavy atom. The molecule has 4 aromatic rings. The molecule has 0 aliphatic heterocycles. The number of hydrogen-bond acceptors (Lipinski definition) is 6. The van der Waals surface area contributed by atoms with Gasteiger partial charge in [0.1, 0.15) is 11.3 Å². The molecule has 0 amide bonds. The Balaban J connectivity index is 1.68. The van der Waals surface area contributed by atoms with Crippen LogP contribution in [-0.2, 0) is 0 Å². The summed E-state index contributed by atoms with van der Waals surface area (Å²) in [6.45, 7) is 0. The van der Waals surface area contributed by atoms with Crippen LogP contribution in [0, 0.1) is 0 Å². The Hall–Kier alpha value is -4.06. The second-order valence-corrected chi connectivity index (χ2v) is 6.47. The molecular weight excluding hydrogens is 384 g/mol. The molecule has 0 fully saturated rings. The number of hydrogen-bond donors (Lipinski definition) is 0. The number of ether oxygens (including phenoxy) is 3. The lowest BCUT2D eigenvalue weighted by atomic mass is 10.1. The average Bonchev–Trinajstić information content (AvgIpc) is 2.78. The number of esters is 1. The third kappa shape index (κ3) is 3.75. The zero-order chi connectivity index (χ0) is 21.1. The summed E-state index contributed by atoms with van der Waals surface area (Å²) in [5.41, 5.74) is 1.27. The fraction of sp³-hybridized carbons (Fsp3) is 0.0833. The van der Waals surface area contributed by atoms with Gasteiger partial charge in [0.2, 0.25) is 0 Å². The monoisotopic (exact) mass is 402 g/mol. The molecule has 1 aromatic heterocycles. The predicted octanol–water partition coefficient (Wildman–Crippen LogP) is 4.70. The molecule has 0 saturated heterocycles. The van der Waals surface area contributed by atoms with E-state index in [0.717, 1.165) is 0 Å². The van der Waals surface area contributed by atoms with Crippen molar-refractivity contribution in [1.82, 2.24) is 0 Å². The molecule has 0 radical (unpaired) electrons. The summed E-state index contributed by atoms with van der Waals surface area (Å²) < 4.78 is 21.4. The van der Waals surface area contributed by atoms with Crippen molar-refractivity contribution in [1.29, 1.82) is 0 Å². The fourth-order valence-electron chi connectivity index (χ4n) is 3.10. The topological polar surface area (TPSA) is 75.0 Å². The van der Waals surface area contributed by atoms with E-state index in [4.69, 9.17) is 18.6 Å². The lowest BCUT2D eigenvalue weighted by Crippen LogP contribution is -2.08. The number of carbonyl (C=O) groups is 1. The molecule has 6 nitrogen and oxygen atoms in total.